The van der Waals surface area contributed by atoms with E-state index in [0.29, 0.717) is 11.8 Å². The van der Waals surface area contributed by atoms with Gasteiger partial charge in [0.15, 0.2) is 0 Å². The van der Waals surface area contributed by atoms with Crippen LogP contribution in [0.4, 0.5) is 0 Å². The van der Waals surface area contributed by atoms with Crippen LogP contribution in [0.15, 0.2) is 0 Å². The molecule has 0 amide bonds. The lowest BCUT2D eigenvalue weighted by molar-refractivity contribution is 0.382. The van der Waals surface area contributed by atoms with Gasteiger partial charge in [-0.15, -0.1) is 0 Å². The van der Waals surface area contributed by atoms with Gasteiger partial charge in [0.05, 0.1) is 6.07 Å². The molecule has 2 atom stereocenters. The molecule has 0 radical (unpaired) electrons. The summed E-state index contributed by atoms with van der Waals surface area (Å²) >= 11 is 0. The van der Waals surface area contributed by atoms with Crippen molar-refractivity contribution in [2.24, 2.45) is 11.8 Å². The first kappa shape index (κ1) is 10.5. The number of hydrogen-bond acceptors (Lipinski definition) is 2. The standard InChI is InChI=1S/C11H20N2/c1-9(2)7-13-11(8-12)5-4-10(3)6-11/h9-10,13H,4-7H2,1-3H3. The molecular formula is C11H20N2. The molecule has 1 N–H and O–H groups in total. The van der Waals surface area contributed by atoms with E-state index in [1.807, 2.05) is 0 Å². The molecule has 13 heavy (non-hydrogen) atoms. The summed E-state index contributed by atoms with van der Waals surface area (Å²) in [6.45, 7) is 7.54. The third-order valence-electron chi connectivity index (χ3n) is 2.82. The number of nitriles is 1. The molecule has 2 heteroatoms. The van der Waals surface area contributed by atoms with Crippen LogP contribution in [-0.4, -0.2) is 12.1 Å². The molecule has 0 aliphatic heterocycles. The Bertz CT molecular complexity index is 205. The molecule has 1 aliphatic rings. The van der Waals surface area contributed by atoms with Crippen molar-refractivity contribution in [1.29, 1.82) is 5.26 Å². The molecule has 0 heterocycles. The van der Waals surface area contributed by atoms with Crippen LogP contribution in [0.3, 0.4) is 0 Å². The molecule has 1 aliphatic carbocycles. The number of rotatable bonds is 3. The quantitative estimate of drug-likeness (QED) is 0.723. The third kappa shape index (κ3) is 2.70. The molecule has 1 rings (SSSR count). The van der Waals surface area contributed by atoms with E-state index in [-0.39, 0.29) is 5.54 Å². The Balaban J connectivity index is 2.47. The molecule has 2 unspecified atom stereocenters. The van der Waals surface area contributed by atoms with Crippen molar-refractivity contribution in [2.75, 3.05) is 6.54 Å². The third-order valence-corrected chi connectivity index (χ3v) is 2.82. The van der Waals surface area contributed by atoms with Gasteiger partial charge in [0.2, 0.25) is 0 Å². The van der Waals surface area contributed by atoms with Gasteiger partial charge >= 0.3 is 0 Å². The van der Waals surface area contributed by atoms with Crippen LogP contribution in [0.1, 0.15) is 40.0 Å². The number of hydrogen-bond donors (Lipinski definition) is 1. The van der Waals surface area contributed by atoms with E-state index >= 15 is 0 Å². The van der Waals surface area contributed by atoms with E-state index in [0.717, 1.165) is 19.4 Å². The Morgan fingerprint density at radius 2 is 2.31 bits per heavy atom. The minimum absolute atomic E-state index is 0.205. The lowest BCUT2D eigenvalue weighted by Crippen LogP contribution is -2.43. The minimum Gasteiger partial charge on any atom is -0.299 e. The second-order valence-electron chi connectivity index (χ2n) is 4.82. The van der Waals surface area contributed by atoms with Gasteiger partial charge in [-0.2, -0.15) is 5.26 Å². The second-order valence-corrected chi connectivity index (χ2v) is 4.82. The van der Waals surface area contributed by atoms with E-state index in [1.165, 1.54) is 6.42 Å². The Morgan fingerprint density at radius 1 is 1.62 bits per heavy atom. The predicted molar refractivity (Wildman–Crippen MR) is 54.2 cm³/mol. The van der Waals surface area contributed by atoms with Gasteiger partial charge in [-0.25, -0.2) is 0 Å². The van der Waals surface area contributed by atoms with Crippen molar-refractivity contribution in [3.63, 3.8) is 0 Å². The summed E-state index contributed by atoms with van der Waals surface area (Å²) in [6, 6.07) is 2.45. The summed E-state index contributed by atoms with van der Waals surface area (Å²) in [5.74, 6) is 1.33. The van der Waals surface area contributed by atoms with E-state index < -0.39 is 0 Å². The normalized spacial score (nSPS) is 33.6. The molecule has 0 aromatic heterocycles. The molecule has 1 saturated carbocycles. The maximum absolute atomic E-state index is 9.13. The molecule has 74 valence electrons. The number of nitrogens with zero attached hydrogens (tertiary/aromatic N) is 1. The largest absolute Gasteiger partial charge is 0.299 e. The molecule has 1 fully saturated rings. The maximum Gasteiger partial charge on any atom is 0.107 e. The van der Waals surface area contributed by atoms with E-state index in [1.54, 1.807) is 0 Å². The van der Waals surface area contributed by atoms with Gasteiger partial charge in [0.25, 0.3) is 0 Å². The van der Waals surface area contributed by atoms with Gasteiger partial charge < -0.3 is 0 Å². The van der Waals surface area contributed by atoms with Crippen molar-refractivity contribution >= 4 is 0 Å². The fourth-order valence-corrected chi connectivity index (χ4v) is 1.99. The van der Waals surface area contributed by atoms with Gasteiger partial charge in [-0.05, 0) is 37.6 Å². The Morgan fingerprint density at radius 3 is 2.69 bits per heavy atom. The first-order chi connectivity index (χ1) is 6.08. The highest BCUT2D eigenvalue weighted by atomic mass is 15.0. The van der Waals surface area contributed by atoms with Crippen molar-refractivity contribution in [1.82, 2.24) is 5.32 Å². The maximum atomic E-state index is 9.13. The topological polar surface area (TPSA) is 35.8 Å². The molecule has 2 nitrogen and oxygen atoms in total. The SMILES string of the molecule is CC(C)CNC1(C#N)CCC(C)C1. The summed E-state index contributed by atoms with van der Waals surface area (Å²) in [5.41, 5.74) is -0.205. The smallest absolute Gasteiger partial charge is 0.107 e. The molecule has 0 saturated heterocycles. The molecule has 0 aromatic carbocycles. The zero-order valence-corrected chi connectivity index (χ0v) is 8.93. The van der Waals surface area contributed by atoms with Crippen LogP contribution in [0.2, 0.25) is 0 Å². The highest BCUT2D eigenvalue weighted by Crippen LogP contribution is 2.33. The van der Waals surface area contributed by atoms with Gasteiger partial charge in [0, 0.05) is 0 Å². The van der Waals surface area contributed by atoms with Crippen LogP contribution < -0.4 is 5.32 Å². The van der Waals surface area contributed by atoms with Crippen LogP contribution in [0, 0.1) is 23.2 Å². The lowest BCUT2D eigenvalue weighted by atomic mass is 9.97. The predicted octanol–water partition coefficient (Wildman–Crippen LogP) is 2.31. The summed E-state index contributed by atoms with van der Waals surface area (Å²) in [4.78, 5) is 0. The summed E-state index contributed by atoms with van der Waals surface area (Å²) in [7, 11) is 0. The zero-order chi connectivity index (χ0) is 9.90. The molecule has 0 aromatic rings. The average molecular weight is 180 g/mol. The molecule has 0 bridgehead atoms. The van der Waals surface area contributed by atoms with Crippen LogP contribution in [0.25, 0.3) is 0 Å². The first-order valence-corrected chi connectivity index (χ1v) is 5.24. The van der Waals surface area contributed by atoms with Crippen molar-refractivity contribution in [3.05, 3.63) is 0 Å². The minimum atomic E-state index is -0.205. The van der Waals surface area contributed by atoms with Gasteiger partial charge in [0.1, 0.15) is 5.54 Å². The van der Waals surface area contributed by atoms with E-state index in [9.17, 15) is 0 Å². The fraction of sp³-hybridized carbons (Fsp3) is 0.909. The van der Waals surface area contributed by atoms with E-state index in [2.05, 4.69) is 32.2 Å². The van der Waals surface area contributed by atoms with Crippen molar-refractivity contribution < 1.29 is 0 Å². The lowest BCUT2D eigenvalue weighted by Gasteiger charge is -2.23. The molecular weight excluding hydrogens is 160 g/mol. The highest BCUT2D eigenvalue weighted by Gasteiger charge is 2.36. The Kier molecular flexibility index (Phi) is 3.33. The Labute approximate surface area is 81.3 Å². The van der Waals surface area contributed by atoms with Crippen LogP contribution in [0.5, 0.6) is 0 Å². The first-order valence-electron chi connectivity index (χ1n) is 5.24. The fourth-order valence-electron chi connectivity index (χ4n) is 1.99. The summed E-state index contributed by atoms with van der Waals surface area (Å²) in [5, 5.41) is 12.5. The summed E-state index contributed by atoms with van der Waals surface area (Å²) in [6.07, 6.45) is 3.24. The highest BCUT2D eigenvalue weighted by molar-refractivity contribution is 5.11. The van der Waals surface area contributed by atoms with Crippen molar-refractivity contribution in [3.8, 4) is 6.07 Å². The summed E-state index contributed by atoms with van der Waals surface area (Å²) < 4.78 is 0. The van der Waals surface area contributed by atoms with E-state index in [4.69, 9.17) is 5.26 Å². The van der Waals surface area contributed by atoms with Crippen LogP contribution >= 0.6 is 0 Å². The van der Waals surface area contributed by atoms with Gasteiger partial charge in [-0.1, -0.05) is 20.8 Å². The average Bonchev–Trinajstić information content (AvgIpc) is 2.45. The molecule has 0 spiro atoms. The second kappa shape index (κ2) is 4.11. The Hall–Kier alpha value is -0.550. The zero-order valence-electron chi connectivity index (χ0n) is 8.93. The van der Waals surface area contributed by atoms with Crippen LogP contribution in [-0.2, 0) is 0 Å². The monoisotopic (exact) mass is 180 g/mol. The van der Waals surface area contributed by atoms with Gasteiger partial charge in [-0.3, -0.25) is 5.32 Å². The number of nitrogens with one attached hydrogen (secondary N) is 1. The van der Waals surface area contributed by atoms with Crippen molar-refractivity contribution in [2.45, 2.75) is 45.6 Å².